The van der Waals surface area contributed by atoms with Gasteiger partial charge in [0.15, 0.2) is 0 Å². The van der Waals surface area contributed by atoms with E-state index in [4.69, 9.17) is 4.74 Å². The first-order valence-corrected chi connectivity index (χ1v) is 6.88. The van der Waals surface area contributed by atoms with Crippen molar-refractivity contribution in [1.29, 1.82) is 5.26 Å². The molecule has 5 nitrogen and oxygen atoms in total. The second-order valence-corrected chi connectivity index (χ2v) is 5.04. The van der Waals surface area contributed by atoms with Crippen molar-refractivity contribution in [2.45, 2.75) is 45.4 Å². The molecule has 0 aromatic rings. The van der Waals surface area contributed by atoms with Crippen molar-refractivity contribution in [1.82, 2.24) is 4.90 Å². The third-order valence-electron chi connectivity index (χ3n) is 3.63. The third-order valence-corrected chi connectivity index (χ3v) is 3.63. The first kappa shape index (κ1) is 15.5. The molecule has 5 heteroatoms. The Morgan fingerprint density at radius 1 is 1.32 bits per heavy atom. The zero-order valence-electron chi connectivity index (χ0n) is 11.8. The van der Waals surface area contributed by atoms with E-state index < -0.39 is 5.41 Å². The van der Waals surface area contributed by atoms with Crippen molar-refractivity contribution in [3.63, 3.8) is 0 Å². The van der Waals surface area contributed by atoms with Crippen LogP contribution in [0.3, 0.4) is 0 Å². The molecule has 0 atom stereocenters. The van der Waals surface area contributed by atoms with Crippen molar-refractivity contribution in [3.8, 4) is 6.07 Å². The van der Waals surface area contributed by atoms with Crippen LogP contribution in [0.1, 0.15) is 45.4 Å². The molecule has 0 aromatic carbocycles. The fourth-order valence-electron chi connectivity index (χ4n) is 2.49. The first-order chi connectivity index (χ1) is 9.05. The van der Waals surface area contributed by atoms with Crippen molar-refractivity contribution in [2.24, 2.45) is 5.41 Å². The van der Waals surface area contributed by atoms with E-state index in [-0.39, 0.29) is 18.3 Å². The summed E-state index contributed by atoms with van der Waals surface area (Å²) in [6.45, 7) is 2.40. The summed E-state index contributed by atoms with van der Waals surface area (Å²) in [6, 6.07) is 2.20. The number of nitriles is 1. The lowest BCUT2D eigenvalue weighted by atomic mass is 9.74. The highest BCUT2D eigenvalue weighted by atomic mass is 16.5. The van der Waals surface area contributed by atoms with E-state index in [0.29, 0.717) is 26.0 Å². The summed E-state index contributed by atoms with van der Waals surface area (Å²) in [4.78, 5) is 25.1. The van der Waals surface area contributed by atoms with Crippen molar-refractivity contribution < 1.29 is 14.3 Å². The highest BCUT2D eigenvalue weighted by molar-refractivity contribution is 5.85. The summed E-state index contributed by atoms with van der Waals surface area (Å²) in [5, 5.41) is 9.33. The summed E-state index contributed by atoms with van der Waals surface area (Å²) in [5.41, 5.74) is -0.873. The number of nitrogens with zero attached hydrogens (tertiary/aromatic N) is 2. The van der Waals surface area contributed by atoms with Crippen molar-refractivity contribution in [2.75, 3.05) is 20.2 Å². The summed E-state index contributed by atoms with van der Waals surface area (Å²) >= 11 is 0. The van der Waals surface area contributed by atoms with Gasteiger partial charge in [-0.15, -0.1) is 0 Å². The Morgan fingerprint density at radius 2 is 1.95 bits per heavy atom. The molecule has 0 unspecified atom stereocenters. The molecule has 19 heavy (non-hydrogen) atoms. The number of rotatable bonds is 5. The van der Waals surface area contributed by atoms with E-state index in [0.717, 1.165) is 19.3 Å². The van der Waals surface area contributed by atoms with Gasteiger partial charge in [-0.25, -0.2) is 0 Å². The van der Waals surface area contributed by atoms with Crippen LogP contribution in [0, 0.1) is 16.7 Å². The molecule has 0 N–H and O–H groups in total. The summed E-state index contributed by atoms with van der Waals surface area (Å²) in [6.07, 6.45) is 4.37. The molecule has 1 aliphatic rings. The van der Waals surface area contributed by atoms with Gasteiger partial charge in [0, 0.05) is 13.6 Å². The zero-order chi connectivity index (χ0) is 14.3. The fourth-order valence-corrected chi connectivity index (χ4v) is 2.49. The predicted molar refractivity (Wildman–Crippen MR) is 70.0 cm³/mol. The summed E-state index contributed by atoms with van der Waals surface area (Å²) in [7, 11) is 1.65. The lowest BCUT2D eigenvalue weighted by Gasteiger charge is -2.33. The molecular formula is C14H22N2O3. The van der Waals surface area contributed by atoms with Gasteiger partial charge >= 0.3 is 5.97 Å². The maximum absolute atomic E-state index is 12.4. The van der Waals surface area contributed by atoms with Crippen molar-refractivity contribution >= 4 is 11.9 Å². The van der Waals surface area contributed by atoms with E-state index >= 15 is 0 Å². The Hall–Kier alpha value is -1.57. The number of ether oxygens (including phenoxy) is 1. The van der Waals surface area contributed by atoms with Gasteiger partial charge in [-0.1, -0.05) is 19.3 Å². The first-order valence-electron chi connectivity index (χ1n) is 6.88. The molecule has 1 aliphatic carbocycles. The fraction of sp³-hybridized carbons (Fsp3) is 0.786. The van der Waals surface area contributed by atoms with Crippen LogP contribution < -0.4 is 0 Å². The lowest BCUT2D eigenvalue weighted by Crippen LogP contribution is -2.43. The number of carbonyl (C=O) groups is 2. The molecule has 1 fully saturated rings. The van der Waals surface area contributed by atoms with Gasteiger partial charge < -0.3 is 9.64 Å². The highest BCUT2D eigenvalue weighted by Gasteiger charge is 2.41. The maximum atomic E-state index is 12.4. The molecule has 0 spiro atoms. The number of hydrogen-bond acceptors (Lipinski definition) is 4. The summed E-state index contributed by atoms with van der Waals surface area (Å²) < 4.78 is 4.83. The van der Waals surface area contributed by atoms with Gasteiger partial charge in [0.2, 0.25) is 5.91 Å². The van der Waals surface area contributed by atoms with Crippen LogP contribution in [0.2, 0.25) is 0 Å². The minimum Gasteiger partial charge on any atom is -0.466 e. The van der Waals surface area contributed by atoms with Gasteiger partial charge in [0.1, 0.15) is 5.41 Å². The van der Waals surface area contributed by atoms with Gasteiger partial charge in [0.25, 0.3) is 0 Å². The second-order valence-electron chi connectivity index (χ2n) is 5.04. The Kier molecular flexibility index (Phi) is 5.81. The number of esters is 1. The third kappa shape index (κ3) is 3.95. The Labute approximate surface area is 114 Å². The molecule has 0 aromatic heterocycles. The summed E-state index contributed by atoms with van der Waals surface area (Å²) in [5.74, 6) is -0.462. The normalized spacial score (nSPS) is 17.3. The molecule has 0 saturated heterocycles. The van der Waals surface area contributed by atoms with Gasteiger partial charge in [0.05, 0.1) is 19.1 Å². The van der Waals surface area contributed by atoms with E-state index in [1.165, 1.54) is 4.90 Å². The second kappa shape index (κ2) is 7.13. The van der Waals surface area contributed by atoms with Crippen LogP contribution in [-0.2, 0) is 14.3 Å². The smallest absolute Gasteiger partial charge is 0.307 e. The van der Waals surface area contributed by atoms with E-state index in [1.807, 2.05) is 0 Å². The molecule has 0 bridgehead atoms. The van der Waals surface area contributed by atoms with Crippen LogP contribution in [0.4, 0.5) is 0 Å². The largest absolute Gasteiger partial charge is 0.466 e. The minimum absolute atomic E-state index is 0.154. The molecule has 0 aliphatic heterocycles. The quantitative estimate of drug-likeness (QED) is 0.712. The van der Waals surface area contributed by atoms with E-state index in [2.05, 4.69) is 6.07 Å². The van der Waals surface area contributed by atoms with E-state index in [1.54, 1.807) is 14.0 Å². The van der Waals surface area contributed by atoms with E-state index in [9.17, 15) is 14.9 Å². The molecule has 1 rings (SSSR count). The Morgan fingerprint density at radius 3 is 2.47 bits per heavy atom. The van der Waals surface area contributed by atoms with Crippen LogP contribution in [0.15, 0.2) is 0 Å². The standard InChI is InChI=1S/C14H22N2O3/c1-3-19-12(17)7-10-16(2)13(18)14(11-15)8-5-4-6-9-14/h3-10H2,1-2H3. The molecule has 106 valence electrons. The molecule has 0 heterocycles. The highest BCUT2D eigenvalue weighted by Crippen LogP contribution is 2.37. The van der Waals surface area contributed by atoms with Crippen molar-refractivity contribution in [3.05, 3.63) is 0 Å². The molecule has 1 amide bonds. The monoisotopic (exact) mass is 266 g/mol. The van der Waals surface area contributed by atoms with Crippen LogP contribution in [0.5, 0.6) is 0 Å². The SMILES string of the molecule is CCOC(=O)CCN(C)C(=O)C1(C#N)CCCCC1. The Bertz CT molecular complexity index is 367. The Balaban J connectivity index is 2.55. The van der Waals surface area contributed by atoms with Crippen LogP contribution in [0.25, 0.3) is 0 Å². The van der Waals surface area contributed by atoms with Gasteiger partial charge in [-0.2, -0.15) is 5.26 Å². The average molecular weight is 266 g/mol. The lowest BCUT2D eigenvalue weighted by molar-refractivity contribution is -0.145. The van der Waals surface area contributed by atoms with Crippen LogP contribution in [-0.4, -0.2) is 37.0 Å². The minimum atomic E-state index is -0.873. The van der Waals surface area contributed by atoms with Gasteiger partial charge in [-0.05, 0) is 19.8 Å². The molecule has 0 radical (unpaired) electrons. The topological polar surface area (TPSA) is 70.4 Å². The number of hydrogen-bond donors (Lipinski definition) is 0. The zero-order valence-corrected chi connectivity index (χ0v) is 11.8. The number of carbonyl (C=O) groups excluding carboxylic acids is 2. The average Bonchev–Trinajstić information content (AvgIpc) is 2.45. The van der Waals surface area contributed by atoms with Gasteiger partial charge in [-0.3, -0.25) is 9.59 Å². The van der Waals surface area contributed by atoms with Crippen LogP contribution >= 0.6 is 0 Å². The number of amides is 1. The molecular weight excluding hydrogens is 244 g/mol. The predicted octanol–water partition coefficient (Wildman–Crippen LogP) is 1.87. The maximum Gasteiger partial charge on any atom is 0.307 e. The molecule has 1 saturated carbocycles.